The fourth-order valence-corrected chi connectivity index (χ4v) is 3.50. The fourth-order valence-electron chi connectivity index (χ4n) is 3.50. The molecule has 0 aromatic heterocycles. The Labute approximate surface area is 160 Å². The van der Waals surface area contributed by atoms with Crippen molar-refractivity contribution in [3.63, 3.8) is 0 Å². The molecule has 1 heterocycles. The number of nitrogens with zero attached hydrogens (tertiary/aromatic N) is 1. The third-order valence-electron chi connectivity index (χ3n) is 4.88. The van der Waals surface area contributed by atoms with E-state index in [1.54, 1.807) is 12.0 Å². The number of amides is 2. The molecule has 2 aromatic carbocycles. The van der Waals surface area contributed by atoms with Gasteiger partial charge in [-0.25, -0.2) is 0 Å². The fraction of sp³-hybridized carbons (Fsp3) is 0.364. The van der Waals surface area contributed by atoms with Crippen LogP contribution in [0.5, 0.6) is 0 Å². The van der Waals surface area contributed by atoms with Gasteiger partial charge in [0.25, 0.3) is 0 Å². The summed E-state index contributed by atoms with van der Waals surface area (Å²) in [6.45, 7) is 3.07. The first-order valence-corrected chi connectivity index (χ1v) is 9.35. The van der Waals surface area contributed by atoms with Crippen molar-refractivity contribution in [1.82, 2.24) is 4.90 Å². The van der Waals surface area contributed by atoms with Gasteiger partial charge in [0.2, 0.25) is 11.8 Å². The Balaban J connectivity index is 1.70. The predicted molar refractivity (Wildman–Crippen MR) is 106 cm³/mol. The molecule has 142 valence electrons. The summed E-state index contributed by atoms with van der Waals surface area (Å²) in [5.74, 6) is -0.150. The molecule has 0 saturated carbocycles. The minimum atomic E-state index is -0.406. The van der Waals surface area contributed by atoms with Crippen molar-refractivity contribution in [2.75, 3.05) is 25.6 Å². The van der Waals surface area contributed by atoms with E-state index in [1.807, 2.05) is 30.3 Å². The highest BCUT2D eigenvalue weighted by atomic mass is 16.5. The lowest BCUT2D eigenvalue weighted by molar-refractivity contribution is -0.137. The van der Waals surface area contributed by atoms with Crippen LogP contribution in [0.2, 0.25) is 0 Å². The summed E-state index contributed by atoms with van der Waals surface area (Å²) in [6.07, 6.45) is 1.85. The Morgan fingerprint density at radius 3 is 2.63 bits per heavy atom. The third-order valence-corrected chi connectivity index (χ3v) is 4.88. The van der Waals surface area contributed by atoms with Gasteiger partial charge in [0.05, 0.1) is 13.0 Å². The van der Waals surface area contributed by atoms with Gasteiger partial charge in [0.15, 0.2) is 0 Å². The number of rotatable bonds is 6. The Bertz CT molecular complexity index is 819. The summed E-state index contributed by atoms with van der Waals surface area (Å²) >= 11 is 0. The maximum atomic E-state index is 12.8. The molecule has 1 aliphatic rings. The van der Waals surface area contributed by atoms with Crippen LogP contribution in [-0.4, -0.2) is 43.0 Å². The van der Waals surface area contributed by atoms with E-state index in [1.165, 1.54) is 5.56 Å². The highest BCUT2D eigenvalue weighted by molar-refractivity contribution is 5.98. The first kappa shape index (κ1) is 19.1. The molecule has 0 radical (unpaired) electrons. The first-order valence-electron chi connectivity index (χ1n) is 9.35. The van der Waals surface area contributed by atoms with Crippen LogP contribution in [0, 0.1) is 6.92 Å². The summed E-state index contributed by atoms with van der Waals surface area (Å²) in [4.78, 5) is 26.8. The molecule has 5 nitrogen and oxygen atoms in total. The topological polar surface area (TPSA) is 58.6 Å². The molecule has 1 aliphatic heterocycles. The Kier molecular flexibility index (Phi) is 6.24. The number of carbonyl (C=O) groups excluding carboxylic acids is 2. The SMILES string of the molecule is COCCC(=O)N1CCCC1C(=O)Nc1cccc(-c2cccc(C)c2)c1. The van der Waals surface area contributed by atoms with E-state index in [0.29, 0.717) is 26.0 Å². The van der Waals surface area contributed by atoms with Crippen molar-refractivity contribution >= 4 is 17.5 Å². The van der Waals surface area contributed by atoms with E-state index < -0.39 is 6.04 Å². The molecule has 0 bridgehead atoms. The van der Waals surface area contributed by atoms with E-state index in [9.17, 15) is 9.59 Å². The molecule has 1 atom stereocenters. The molecule has 0 aliphatic carbocycles. The molecular weight excluding hydrogens is 340 g/mol. The van der Waals surface area contributed by atoms with Crippen LogP contribution in [0.1, 0.15) is 24.8 Å². The van der Waals surface area contributed by atoms with Crippen molar-refractivity contribution in [3.05, 3.63) is 54.1 Å². The van der Waals surface area contributed by atoms with Crippen molar-refractivity contribution in [2.45, 2.75) is 32.2 Å². The smallest absolute Gasteiger partial charge is 0.247 e. The number of anilines is 1. The van der Waals surface area contributed by atoms with Gasteiger partial charge >= 0.3 is 0 Å². The van der Waals surface area contributed by atoms with Crippen molar-refractivity contribution in [2.24, 2.45) is 0 Å². The lowest BCUT2D eigenvalue weighted by Crippen LogP contribution is -2.43. The summed E-state index contributed by atoms with van der Waals surface area (Å²) < 4.78 is 4.98. The van der Waals surface area contributed by atoms with Crippen LogP contribution >= 0.6 is 0 Å². The van der Waals surface area contributed by atoms with Gasteiger partial charge in [-0.3, -0.25) is 9.59 Å². The van der Waals surface area contributed by atoms with Crippen LogP contribution in [0.3, 0.4) is 0 Å². The largest absolute Gasteiger partial charge is 0.384 e. The molecule has 27 heavy (non-hydrogen) atoms. The molecule has 1 fully saturated rings. The summed E-state index contributed by atoms with van der Waals surface area (Å²) in [7, 11) is 1.57. The Morgan fingerprint density at radius 2 is 1.89 bits per heavy atom. The number of methoxy groups -OCH3 is 1. The summed E-state index contributed by atoms with van der Waals surface area (Å²) in [5, 5.41) is 2.99. The number of benzene rings is 2. The molecule has 3 rings (SSSR count). The van der Waals surface area contributed by atoms with Crippen LogP contribution in [0.4, 0.5) is 5.69 Å². The third kappa shape index (κ3) is 4.74. The van der Waals surface area contributed by atoms with Gasteiger partial charge in [-0.2, -0.15) is 0 Å². The standard InChI is InChI=1S/C22H26N2O3/c1-16-6-3-7-17(14-16)18-8-4-9-19(15-18)23-22(26)20-10-5-12-24(20)21(25)11-13-27-2/h3-4,6-9,14-15,20H,5,10-13H2,1-2H3,(H,23,26). The van der Waals surface area contributed by atoms with E-state index in [-0.39, 0.29) is 11.8 Å². The molecule has 5 heteroatoms. The van der Waals surface area contributed by atoms with Gasteiger partial charge in [-0.1, -0.05) is 42.0 Å². The second-order valence-corrected chi connectivity index (χ2v) is 6.93. The number of aryl methyl sites for hydroxylation is 1. The highest BCUT2D eigenvalue weighted by Crippen LogP contribution is 2.25. The monoisotopic (exact) mass is 366 g/mol. The maximum absolute atomic E-state index is 12.8. The molecule has 2 aromatic rings. The van der Waals surface area contributed by atoms with Crippen LogP contribution in [0.25, 0.3) is 11.1 Å². The van der Waals surface area contributed by atoms with E-state index in [0.717, 1.165) is 23.2 Å². The Hall–Kier alpha value is -2.66. The van der Waals surface area contributed by atoms with Gasteiger partial charge in [-0.05, 0) is 43.0 Å². The van der Waals surface area contributed by atoms with E-state index >= 15 is 0 Å². The van der Waals surface area contributed by atoms with Crippen molar-refractivity contribution < 1.29 is 14.3 Å². The zero-order valence-corrected chi connectivity index (χ0v) is 15.9. The van der Waals surface area contributed by atoms with E-state index in [2.05, 4.69) is 30.4 Å². The van der Waals surface area contributed by atoms with Crippen molar-refractivity contribution in [3.8, 4) is 11.1 Å². The molecule has 2 amide bonds. The van der Waals surface area contributed by atoms with Gasteiger partial charge in [0, 0.05) is 19.3 Å². The maximum Gasteiger partial charge on any atom is 0.247 e. The zero-order chi connectivity index (χ0) is 19.2. The molecule has 1 N–H and O–H groups in total. The van der Waals surface area contributed by atoms with Crippen LogP contribution < -0.4 is 5.32 Å². The second kappa shape index (κ2) is 8.82. The molecule has 1 unspecified atom stereocenters. The first-order chi connectivity index (χ1) is 13.1. The predicted octanol–water partition coefficient (Wildman–Crippen LogP) is 3.63. The second-order valence-electron chi connectivity index (χ2n) is 6.93. The summed E-state index contributed by atoms with van der Waals surface area (Å²) in [6, 6.07) is 15.7. The average molecular weight is 366 g/mol. The lowest BCUT2D eigenvalue weighted by Gasteiger charge is -2.24. The minimum Gasteiger partial charge on any atom is -0.384 e. The molecular formula is C22H26N2O3. The highest BCUT2D eigenvalue weighted by Gasteiger charge is 2.33. The van der Waals surface area contributed by atoms with E-state index in [4.69, 9.17) is 4.74 Å². The van der Waals surface area contributed by atoms with Gasteiger partial charge in [0.1, 0.15) is 6.04 Å². The minimum absolute atomic E-state index is 0.0250. The van der Waals surface area contributed by atoms with Crippen LogP contribution in [0.15, 0.2) is 48.5 Å². The van der Waals surface area contributed by atoms with Gasteiger partial charge in [-0.15, -0.1) is 0 Å². The number of nitrogens with one attached hydrogen (secondary N) is 1. The van der Waals surface area contributed by atoms with Gasteiger partial charge < -0.3 is 15.0 Å². The lowest BCUT2D eigenvalue weighted by atomic mass is 10.0. The zero-order valence-electron chi connectivity index (χ0n) is 15.9. The Morgan fingerprint density at radius 1 is 1.15 bits per heavy atom. The normalized spacial score (nSPS) is 16.4. The number of hydrogen-bond donors (Lipinski definition) is 1. The summed E-state index contributed by atoms with van der Waals surface area (Å²) in [5.41, 5.74) is 4.10. The molecule has 0 spiro atoms. The number of hydrogen-bond acceptors (Lipinski definition) is 3. The molecule has 1 saturated heterocycles. The van der Waals surface area contributed by atoms with Crippen molar-refractivity contribution in [1.29, 1.82) is 0 Å². The number of likely N-dealkylation sites (tertiary alicyclic amines) is 1. The number of ether oxygens (including phenoxy) is 1. The quantitative estimate of drug-likeness (QED) is 0.849. The van der Waals surface area contributed by atoms with Crippen LogP contribution in [-0.2, 0) is 14.3 Å². The average Bonchev–Trinajstić information content (AvgIpc) is 3.16. The number of carbonyl (C=O) groups is 2.